The Kier molecular flexibility index (Phi) is 4.42. The van der Waals surface area contributed by atoms with Gasteiger partial charge in [-0.1, -0.05) is 32.4 Å². The van der Waals surface area contributed by atoms with Gasteiger partial charge in [0.05, 0.1) is 10.7 Å². The molecule has 0 radical (unpaired) electrons. The molecule has 0 saturated carbocycles. The summed E-state index contributed by atoms with van der Waals surface area (Å²) in [4.78, 5) is 8.62. The van der Waals surface area contributed by atoms with Crippen LogP contribution in [0.25, 0.3) is 0 Å². The minimum atomic E-state index is 0.126. The van der Waals surface area contributed by atoms with Gasteiger partial charge in [0.2, 0.25) is 0 Å². The zero-order valence-electron chi connectivity index (χ0n) is 11.4. The summed E-state index contributed by atoms with van der Waals surface area (Å²) in [5.41, 5.74) is 2.29. The molecule has 19 heavy (non-hydrogen) atoms. The first-order valence-corrected chi connectivity index (χ1v) is 7.51. The van der Waals surface area contributed by atoms with Crippen LogP contribution in [0.3, 0.4) is 0 Å². The van der Waals surface area contributed by atoms with Crippen LogP contribution in [0.15, 0.2) is 23.7 Å². The van der Waals surface area contributed by atoms with Crippen molar-refractivity contribution in [3.63, 3.8) is 0 Å². The third-order valence-electron chi connectivity index (χ3n) is 2.71. The predicted octanol–water partition coefficient (Wildman–Crippen LogP) is 4.14. The lowest BCUT2D eigenvalue weighted by Crippen LogP contribution is -2.12. The summed E-state index contributed by atoms with van der Waals surface area (Å²) in [6, 6.07) is 3.73. The van der Waals surface area contributed by atoms with Crippen LogP contribution in [0.2, 0.25) is 5.15 Å². The van der Waals surface area contributed by atoms with E-state index in [-0.39, 0.29) is 5.41 Å². The molecule has 0 fully saturated rings. The highest BCUT2D eigenvalue weighted by atomic mass is 35.5. The van der Waals surface area contributed by atoms with Crippen LogP contribution in [0.1, 0.15) is 31.5 Å². The van der Waals surface area contributed by atoms with Crippen molar-refractivity contribution in [2.24, 2.45) is 0 Å². The fraction of sp³-hybridized carbons (Fsp3) is 0.429. The Morgan fingerprint density at radius 3 is 2.79 bits per heavy atom. The van der Waals surface area contributed by atoms with E-state index in [1.54, 1.807) is 17.5 Å². The van der Waals surface area contributed by atoms with E-state index in [2.05, 4.69) is 41.4 Å². The van der Waals surface area contributed by atoms with Crippen LogP contribution in [0.5, 0.6) is 0 Å². The number of hydrogen-bond donors (Lipinski definition) is 1. The summed E-state index contributed by atoms with van der Waals surface area (Å²) in [5.74, 6) is 0. The van der Waals surface area contributed by atoms with Crippen LogP contribution in [0, 0.1) is 0 Å². The average Bonchev–Trinajstić information content (AvgIpc) is 2.77. The fourth-order valence-electron chi connectivity index (χ4n) is 1.60. The second-order valence-electron chi connectivity index (χ2n) is 5.42. The topological polar surface area (TPSA) is 37.8 Å². The van der Waals surface area contributed by atoms with Gasteiger partial charge in [0, 0.05) is 35.6 Å². The predicted molar refractivity (Wildman–Crippen MR) is 82.3 cm³/mol. The van der Waals surface area contributed by atoms with Crippen LogP contribution >= 0.6 is 22.9 Å². The summed E-state index contributed by atoms with van der Waals surface area (Å²) < 4.78 is 0. The van der Waals surface area contributed by atoms with E-state index in [4.69, 9.17) is 11.6 Å². The van der Waals surface area contributed by atoms with E-state index in [9.17, 15) is 0 Å². The van der Waals surface area contributed by atoms with Gasteiger partial charge in [-0.15, -0.1) is 11.3 Å². The van der Waals surface area contributed by atoms with Crippen molar-refractivity contribution in [3.8, 4) is 0 Å². The van der Waals surface area contributed by atoms with E-state index in [1.807, 2.05) is 12.1 Å². The zero-order chi connectivity index (χ0) is 13.9. The summed E-state index contributed by atoms with van der Waals surface area (Å²) in [6.45, 7) is 7.40. The van der Waals surface area contributed by atoms with Crippen LogP contribution in [-0.4, -0.2) is 16.5 Å². The Balaban J connectivity index is 1.88. The Bertz CT molecular complexity index is 546. The second-order valence-corrected chi connectivity index (χ2v) is 6.75. The number of thiazole rings is 1. The molecule has 5 heteroatoms. The van der Waals surface area contributed by atoms with Crippen molar-refractivity contribution < 1.29 is 0 Å². The Morgan fingerprint density at radius 2 is 2.16 bits per heavy atom. The first-order chi connectivity index (χ1) is 8.95. The normalized spacial score (nSPS) is 11.6. The van der Waals surface area contributed by atoms with Gasteiger partial charge >= 0.3 is 0 Å². The molecular formula is C14H18ClN3S. The van der Waals surface area contributed by atoms with Gasteiger partial charge in [0.15, 0.2) is 0 Å². The summed E-state index contributed by atoms with van der Waals surface area (Å²) in [5, 5.41) is 7.15. The molecule has 1 N–H and O–H groups in total. The average molecular weight is 296 g/mol. The van der Waals surface area contributed by atoms with E-state index in [0.717, 1.165) is 23.7 Å². The van der Waals surface area contributed by atoms with E-state index >= 15 is 0 Å². The molecule has 2 rings (SSSR count). The molecule has 2 heterocycles. The smallest absolute Gasteiger partial charge is 0.131 e. The Hall–Kier alpha value is -1.13. The lowest BCUT2D eigenvalue weighted by Gasteiger charge is -2.14. The van der Waals surface area contributed by atoms with Crippen molar-refractivity contribution in [2.45, 2.75) is 32.6 Å². The van der Waals surface area contributed by atoms with Crippen LogP contribution < -0.4 is 5.32 Å². The quantitative estimate of drug-likeness (QED) is 0.861. The van der Waals surface area contributed by atoms with Crippen LogP contribution in [-0.2, 0) is 11.8 Å². The molecule has 102 valence electrons. The SMILES string of the molecule is CC(C)(C)c1csc(CCNc2ccnc(Cl)c2)n1. The third kappa shape index (κ3) is 4.18. The number of rotatable bonds is 4. The maximum absolute atomic E-state index is 5.83. The first-order valence-electron chi connectivity index (χ1n) is 6.25. The highest BCUT2D eigenvalue weighted by Crippen LogP contribution is 2.24. The van der Waals surface area contributed by atoms with Gasteiger partial charge in [-0.3, -0.25) is 0 Å². The fourth-order valence-corrected chi connectivity index (χ4v) is 2.80. The minimum Gasteiger partial charge on any atom is -0.384 e. The molecule has 0 aliphatic carbocycles. The number of anilines is 1. The molecule has 0 aliphatic rings. The molecule has 2 aromatic heterocycles. The lowest BCUT2D eigenvalue weighted by atomic mass is 9.93. The number of aromatic nitrogens is 2. The highest BCUT2D eigenvalue weighted by Gasteiger charge is 2.17. The Labute approximate surface area is 123 Å². The highest BCUT2D eigenvalue weighted by molar-refractivity contribution is 7.09. The van der Waals surface area contributed by atoms with Crippen molar-refractivity contribution in [1.29, 1.82) is 0 Å². The van der Waals surface area contributed by atoms with Gasteiger partial charge in [0.25, 0.3) is 0 Å². The van der Waals surface area contributed by atoms with E-state index in [1.165, 1.54) is 5.69 Å². The molecule has 0 unspecified atom stereocenters. The van der Waals surface area contributed by atoms with Crippen molar-refractivity contribution in [3.05, 3.63) is 39.6 Å². The van der Waals surface area contributed by atoms with E-state index in [0.29, 0.717) is 5.15 Å². The lowest BCUT2D eigenvalue weighted by molar-refractivity contribution is 0.571. The van der Waals surface area contributed by atoms with Gasteiger partial charge in [-0.05, 0) is 12.1 Å². The Morgan fingerprint density at radius 1 is 1.37 bits per heavy atom. The van der Waals surface area contributed by atoms with Gasteiger partial charge in [-0.2, -0.15) is 0 Å². The zero-order valence-corrected chi connectivity index (χ0v) is 13.0. The molecule has 0 amide bonds. The van der Waals surface area contributed by atoms with Crippen molar-refractivity contribution in [1.82, 2.24) is 9.97 Å². The molecule has 0 aromatic carbocycles. The third-order valence-corrected chi connectivity index (χ3v) is 3.83. The number of nitrogens with zero attached hydrogens (tertiary/aromatic N) is 2. The minimum absolute atomic E-state index is 0.126. The molecule has 0 atom stereocenters. The molecule has 3 nitrogen and oxygen atoms in total. The number of halogens is 1. The largest absolute Gasteiger partial charge is 0.384 e. The number of hydrogen-bond acceptors (Lipinski definition) is 4. The molecule has 2 aromatic rings. The molecule has 0 bridgehead atoms. The van der Waals surface area contributed by atoms with Gasteiger partial charge in [-0.25, -0.2) is 9.97 Å². The van der Waals surface area contributed by atoms with Crippen molar-refractivity contribution >= 4 is 28.6 Å². The standard InChI is InChI=1S/C14H18ClN3S/c1-14(2,3)11-9-19-13(18-11)5-7-16-10-4-6-17-12(15)8-10/h4,6,8-9H,5,7H2,1-3H3,(H,16,17). The van der Waals surface area contributed by atoms with Crippen molar-refractivity contribution in [2.75, 3.05) is 11.9 Å². The number of nitrogens with one attached hydrogen (secondary N) is 1. The summed E-state index contributed by atoms with van der Waals surface area (Å²) >= 11 is 7.56. The molecular weight excluding hydrogens is 278 g/mol. The molecule has 0 aliphatic heterocycles. The van der Waals surface area contributed by atoms with Crippen LogP contribution in [0.4, 0.5) is 5.69 Å². The number of pyridine rings is 1. The summed E-state index contributed by atoms with van der Waals surface area (Å²) in [6.07, 6.45) is 2.62. The van der Waals surface area contributed by atoms with E-state index < -0.39 is 0 Å². The van der Waals surface area contributed by atoms with Gasteiger partial charge in [0.1, 0.15) is 5.15 Å². The summed E-state index contributed by atoms with van der Waals surface area (Å²) in [7, 11) is 0. The maximum Gasteiger partial charge on any atom is 0.131 e. The second kappa shape index (κ2) is 5.88. The first kappa shape index (κ1) is 14.3. The molecule has 0 spiro atoms. The monoisotopic (exact) mass is 295 g/mol. The maximum atomic E-state index is 5.83. The molecule has 0 saturated heterocycles. The van der Waals surface area contributed by atoms with Gasteiger partial charge < -0.3 is 5.32 Å².